The van der Waals surface area contributed by atoms with Gasteiger partial charge in [0, 0.05) is 28.7 Å². The highest BCUT2D eigenvalue weighted by Crippen LogP contribution is 2.20. The topological polar surface area (TPSA) is 29.5 Å². The molecule has 0 fully saturated rings. The van der Waals surface area contributed by atoms with E-state index in [9.17, 15) is 4.79 Å². The zero-order chi connectivity index (χ0) is 13.7. The summed E-state index contributed by atoms with van der Waals surface area (Å²) in [7, 11) is 3.33. The molecule has 1 amide bonds. The summed E-state index contributed by atoms with van der Waals surface area (Å²) in [5, 5.41) is -0.200. The van der Waals surface area contributed by atoms with Crippen LogP contribution in [0.5, 0.6) is 0 Å². The molecule has 0 heterocycles. The van der Waals surface area contributed by atoms with Crippen LogP contribution in [0.25, 0.3) is 0 Å². The highest BCUT2D eigenvalue weighted by Gasteiger charge is 2.18. The Morgan fingerprint density at radius 1 is 1.61 bits per heavy atom. The maximum absolute atomic E-state index is 12.3. The minimum atomic E-state index is -0.200. The van der Waals surface area contributed by atoms with Gasteiger partial charge in [0.25, 0.3) is 5.91 Å². The Kier molecular flexibility index (Phi) is 6.90. The van der Waals surface area contributed by atoms with Crippen LogP contribution in [0.15, 0.2) is 22.7 Å². The normalized spacial score (nSPS) is 12.3. The number of alkyl halides is 1. The van der Waals surface area contributed by atoms with E-state index in [2.05, 4.69) is 38.5 Å². The van der Waals surface area contributed by atoms with Gasteiger partial charge in [0.1, 0.15) is 0 Å². The molecule has 0 spiro atoms. The van der Waals surface area contributed by atoms with Gasteiger partial charge < -0.3 is 9.64 Å². The van der Waals surface area contributed by atoms with Crippen molar-refractivity contribution in [3.8, 4) is 0 Å². The first-order chi connectivity index (χ1) is 8.45. The smallest absolute Gasteiger partial charge is 0.254 e. The maximum atomic E-state index is 12.3. The summed E-state index contributed by atoms with van der Waals surface area (Å²) >= 11 is 11.6. The Hall–Kier alpha value is 0.150. The molecular weight excluding hydrogens is 432 g/mol. The molecule has 0 N–H and O–H groups in total. The van der Waals surface area contributed by atoms with E-state index < -0.39 is 0 Å². The number of hydrogen-bond donors (Lipinski definition) is 0. The van der Waals surface area contributed by atoms with Crippen LogP contribution in [-0.2, 0) is 4.74 Å². The molecule has 1 aromatic carbocycles. The van der Waals surface area contributed by atoms with Crippen LogP contribution >= 0.6 is 50.1 Å². The average Bonchev–Trinajstić information content (AvgIpc) is 2.31. The third-order valence-electron chi connectivity index (χ3n) is 2.32. The molecule has 0 saturated heterocycles. The number of halogens is 3. The van der Waals surface area contributed by atoms with Gasteiger partial charge in [-0.05, 0) is 40.8 Å². The number of nitrogens with zero attached hydrogens (tertiary/aromatic N) is 1. The summed E-state index contributed by atoms with van der Waals surface area (Å²) in [5.41, 5.74) is 0.675. The lowest BCUT2D eigenvalue weighted by Gasteiger charge is -2.20. The minimum absolute atomic E-state index is 0.0394. The van der Waals surface area contributed by atoms with Crippen molar-refractivity contribution in [3.05, 3.63) is 31.8 Å². The number of ether oxygens (including phenoxy) is 1. The number of carbonyl (C=O) groups excluding carboxylic acids is 1. The molecule has 0 aliphatic heterocycles. The van der Waals surface area contributed by atoms with Gasteiger partial charge in [-0.25, -0.2) is 0 Å². The van der Waals surface area contributed by atoms with E-state index in [1.165, 1.54) is 0 Å². The number of hydrogen-bond acceptors (Lipinski definition) is 2. The summed E-state index contributed by atoms with van der Waals surface area (Å²) in [5.74, 6) is -0.0394. The Labute approximate surface area is 134 Å². The van der Waals surface area contributed by atoms with Crippen molar-refractivity contribution in [2.75, 3.05) is 27.3 Å². The molecule has 0 aliphatic rings. The maximum Gasteiger partial charge on any atom is 0.254 e. The molecule has 0 saturated carbocycles. The van der Waals surface area contributed by atoms with Gasteiger partial charge in [0.15, 0.2) is 0 Å². The van der Waals surface area contributed by atoms with E-state index in [0.29, 0.717) is 18.7 Å². The molecule has 3 nitrogen and oxygen atoms in total. The molecule has 100 valence electrons. The summed E-state index contributed by atoms with van der Waals surface area (Å²) < 4.78 is 6.76. The third kappa shape index (κ3) is 4.68. The minimum Gasteiger partial charge on any atom is -0.383 e. The van der Waals surface area contributed by atoms with Crippen LogP contribution in [0.4, 0.5) is 0 Å². The largest absolute Gasteiger partial charge is 0.383 e. The van der Waals surface area contributed by atoms with E-state index >= 15 is 0 Å². The third-order valence-corrected chi connectivity index (χ3v) is 4.02. The van der Waals surface area contributed by atoms with Crippen molar-refractivity contribution in [3.63, 3.8) is 0 Å². The van der Waals surface area contributed by atoms with Gasteiger partial charge in [-0.15, -0.1) is 11.6 Å². The van der Waals surface area contributed by atoms with Crippen molar-refractivity contribution < 1.29 is 9.53 Å². The molecule has 1 atom stereocenters. The first kappa shape index (κ1) is 16.2. The van der Waals surface area contributed by atoms with Gasteiger partial charge >= 0.3 is 0 Å². The summed E-state index contributed by atoms with van der Waals surface area (Å²) in [6.07, 6.45) is 0. The van der Waals surface area contributed by atoms with Crippen molar-refractivity contribution in [1.82, 2.24) is 4.90 Å². The second-order valence-corrected chi connectivity index (χ2v) is 6.56. The molecule has 18 heavy (non-hydrogen) atoms. The summed E-state index contributed by atoms with van der Waals surface area (Å²) in [6, 6.07) is 5.63. The molecular formula is C12H14BrClINO2. The van der Waals surface area contributed by atoms with E-state index in [-0.39, 0.29) is 11.3 Å². The fourth-order valence-corrected chi connectivity index (χ4v) is 2.74. The van der Waals surface area contributed by atoms with E-state index in [1.807, 2.05) is 18.2 Å². The second-order valence-electron chi connectivity index (χ2n) is 3.86. The lowest BCUT2D eigenvalue weighted by atomic mass is 10.2. The van der Waals surface area contributed by atoms with Gasteiger partial charge in [-0.1, -0.05) is 15.9 Å². The van der Waals surface area contributed by atoms with Crippen LogP contribution in [0, 0.1) is 3.57 Å². The molecule has 0 radical (unpaired) electrons. The molecule has 6 heteroatoms. The Morgan fingerprint density at radius 3 is 2.89 bits per heavy atom. The number of methoxy groups -OCH3 is 1. The van der Waals surface area contributed by atoms with Gasteiger partial charge in [-0.3, -0.25) is 4.79 Å². The predicted octanol–water partition coefficient (Wildman–Crippen LogP) is 3.38. The zero-order valence-electron chi connectivity index (χ0n) is 10.1. The number of amides is 1. The first-order valence-electron chi connectivity index (χ1n) is 5.29. The highest BCUT2D eigenvalue weighted by molar-refractivity contribution is 14.1. The Bertz CT molecular complexity index is 431. The standard InChI is InChI=1S/C12H14BrClINO2/c1-16(6-9(14)7-18-2)12(17)10-5-8(13)3-4-11(10)15/h3-5,9H,6-7H2,1-2H3. The molecule has 0 aromatic heterocycles. The number of carbonyl (C=O) groups is 1. The van der Waals surface area contributed by atoms with Crippen molar-refractivity contribution >= 4 is 56.0 Å². The second kappa shape index (κ2) is 7.67. The van der Waals surface area contributed by atoms with E-state index in [1.54, 1.807) is 19.1 Å². The lowest BCUT2D eigenvalue weighted by Crippen LogP contribution is -2.34. The fraction of sp³-hybridized carbons (Fsp3) is 0.417. The van der Waals surface area contributed by atoms with Crippen molar-refractivity contribution in [2.45, 2.75) is 5.38 Å². The molecule has 0 aliphatic carbocycles. The predicted molar refractivity (Wildman–Crippen MR) is 85.3 cm³/mol. The van der Waals surface area contributed by atoms with Crippen LogP contribution in [-0.4, -0.2) is 43.5 Å². The monoisotopic (exact) mass is 445 g/mol. The highest BCUT2D eigenvalue weighted by atomic mass is 127. The molecule has 1 rings (SSSR count). The van der Waals surface area contributed by atoms with Gasteiger partial charge in [-0.2, -0.15) is 0 Å². The Morgan fingerprint density at radius 2 is 2.28 bits per heavy atom. The van der Waals surface area contributed by atoms with Crippen LogP contribution < -0.4 is 0 Å². The van der Waals surface area contributed by atoms with Crippen LogP contribution in [0.3, 0.4) is 0 Å². The van der Waals surface area contributed by atoms with Gasteiger partial charge in [0.05, 0.1) is 17.5 Å². The average molecular weight is 447 g/mol. The van der Waals surface area contributed by atoms with Gasteiger partial charge in [0.2, 0.25) is 0 Å². The van der Waals surface area contributed by atoms with Crippen LogP contribution in [0.1, 0.15) is 10.4 Å². The zero-order valence-corrected chi connectivity index (χ0v) is 14.6. The van der Waals surface area contributed by atoms with Crippen molar-refractivity contribution in [2.24, 2.45) is 0 Å². The van der Waals surface area contributed by atoms with E-state index in [0.717, 1.165) is 8.04 Å². The Balaban J connectivity index is 2.77. The number of rotatable bonds is 5. The summed E-state index contributed by atoms with van der Waals surface area (Å²) in [6.45, 7) is 0.881. The van der Waals surface area contributed by atoms with Crippen LogP contribution in [0.2, 0.25) is 0 Å². The molecule has 1 unspecified atom stereocenters. The lowest BCUT2D eigenvalue weighted by molar-refractivity contribution is 0.0780. The molecule has 0 bridgehead atoms. The number of benzene rings is 1. The summed E-state index contributed by atoms with van der Waals surface area (Å²) in [4.78, 5) is 13.9. The van der Waals surface area contributed by atoms with Crippen molar-refractivity contribution in [1.29, 1.82) is 0 Å². The quantitative estimate of drug-likeness (QED) is 0.513. The first-order valence-corrected chi connectivity index (χ1v) is 7.60. The van der Waals surface area contributed by atoms with E-state index in [4.69, 9.17) is 16.3 Å². The fourth-order valence-electron chi connectivity index (χ4n) is 1.48. The molecule has 1 aromatic rings. The SMILES string of the molecule is COCC(Cl)CN(C)C(=O)c1cc(Br)ccc1I.